The van der Waals surface area contributed by atoms with Gasteiger partial charge in [-0.25, -0.2) is 0 Å². The van der Waals surface area contributed by atoms with Crippen LogP contribution in [0.1, 0.15) is 16.8 Å². The summed E-state index contributed by atoms with van der Waals surface area (Å²) in [6, 6.07) is 25.3. The zero-order chi connectivity index (χ0) is 16.8. The third-order valence-corrected chi connectivity index (χ3v) is 4.98. The van der Waals surface area contributed by atoms with Crippen molar-refractivity contribution >= 4 is 32.3 Å². The molecule has 4 aromatic carbocycles. The molecular weight excluding hydrogens is 304 g/mol. The SMILES string of the molecule is N#Cc1c(Cc2ccccn2)c2cccc3ccc4cccc1c4c32. The number of hydrogen-bond donors (Lipinski definition) is 0. The van der Waals surface area contributed by atoms with E-state index in [0.717, 1.165) is 27.6 Å². The molecule has 0 radical (unpaired) electrons. The van der Waals surface area contributed by atoms with Gasteiger partial charge in [-0.1, -0.05) is 54.6 Å². The van der Waals surface area contributed by atoms with Crippen molar-refractivity contribution in [3.8, 4) is 6.07 Å². The van der Waals surface area contributed by atoms with Crippen LogP contribution in [-0.4, -0.2) is 4.98 Å². The van der Waals surface area contributed by atoms with E-state index in [1.807, 2.05) is 24.3 Å². The van der Waals surface area contributed by atoms with Gasteiger partial charge in [-0.15, -0.1) is 0 Å². The van der Waals surface area contributed by atoms with E-state index in [2.05, 4.69) is 53.5 Å². The Labute approximate surface area is 145 Å². The molecule has 0 unspecified atom stereocenters. The van der Waals surface area contributed by atoms with Gasteiger partial charge < -0.3 is 0 Å². The van der Waals surface area contributed by atoms with Gasteiger partial charge in [-0.3, -0.25) is 4.98 Å². The largest absolute Gasteiger partial charge is 0.261 e. The average Bonchev–Trinajstić information content (AvgIpc) is 2.68. The molecule has 0 aliphatic rings. The molecular formula is C23H14N2. The van der Waals surface area contributed by atoms with Gasteiger partial charge >= 0.3 is 0 Å². The van der Waals surface area contributed by atoms with Crippen molar-refractivity contribution in [2.45, 2.75) is 6.42 Å². The van der Waals surface area contributed by atoms with Crippen LogP contribution in [0.5, 0.6) is 0 Å². The van der Waals surface area contributed by atoms with Crippen LogP contribution in [0.15, 0.2) is 72.9 Å². The van der Waals surface area contributed by atoms with E-state index < -0.39 is 0 Å². The fourth-order valence-electron chi connectivity index (χ4n) is 3.91. The molecule has 0 aliphatic carbocycles. The fraction of sp³-hybridized carbons (Fsp3) is 0.0435. The van der Waals surface area contributed by atoms with Gasteiger partial charge in [-0.2, -0.15) is 5.26 Å². The Hall–Kier alpha value is -3.44. The summed E-state index contributed by atoms with van der Waals surface area (Å²) in [6.45, 7) is 0. The summed E-state index contributed by atoms with van der Waals surface area (Å²) in [5.41, 5.74) is 2.81. The van der Waals surface area contributed by atoms with Crippen molar-refractivity contribution in [3.63, 3.8) is 0 Å². The Morgan fingerprint density at radius 1 is 0.760 bits per heavy atom. The highest BCUT2D eigenvalue weighted by atomic mass is 14.7. The maximum absolute atomic E-state index is 9.94. The lowest BCUT2D eigenvalue weighted by Gasteiger charge is -2.16. The highest BCUT2D eigenvalue weighted by molar-refractivity contribution is 6.25. The van der Waals surface area contributed by atoms with Crippen molar-refractivity contribution in [1.82, 2.24) is 4.98 Å². The Kier molecular flexibility index (Phi) is 2.95. The lowest BCUT2D eigenvalue weighted by Crippen LogP contribution is -1.99. The molecule has 0 atom stereocenters. The van der Waals surface area contributed by atoms with Gasteiger partial charge in [0, 0.05) is 23.7 Å². The van der Waals surface area contributed by atoms with E-state index in [1.54, 1.807) is 6.20 Å². The molecule has 25 heavy (non-hydrogen) atoms. The number of aromatic nitrogens is 1. The van der Waals surface area contributed by atoms with Gasteiger partial charge in [0.1, 0.15) is 6.07 Å². The topological polar surface area (TPSA) is 36.7 Å². The normalized spacial score (nSPS) is 11.3. The number of rotatable bonds is 2. The first-order valence-electron chi connectivity index (χ1n) is 8.35. The first-order valence-corrected chi connectivity index (χ1v) is 8.35. The fourth-order valence-corrected chi connectivity index (χ4v) is 3.91. The van der Waals surface area contributed by atoms with E-state index in [0.29, 0.717) is 6.42 Å². The lowest BCUT2D eigenvalue weighted by molar-refractivity contribution is 1.08. The Bertz CT molecular complexity index is 1260. The van der Waals surface area contributed by atoms with Gasteiger partial charge in [-0.05, 0) is 44.6 Å². The molecule has 0 spiro atoms. The van der Waals surface area contributed by atoms with Crippen molar-refractivity contribution in [2.75, 3.05) is 0 Å². The summed E-state index contributed by atoms with van der Waals surface area (Å²) >= 11 is 0. The Morgan fingerprint density at radius 3 is 2.16 bits per heavy atom. The molecule has 2 heteroatoms. The van der Waals surface area contributed by atoms with Crippen LogP contribution in [0, 0.1) is 11.3 Å². The molecule has 0 saturated carbocycles. The van der Waals surface area contributed by atoms with E-state index in [1.165, 1.54) is 21.5 Å². The monoisotopic (exact) mass is 318 g/mol. The van der Waals surface area contributed by atoms with Gasteiger partial charge in [0.25, 0.3) is 0 Å². The number of hydrogen-bond acceptors (Lipinski definition) is 2. The second-order valence-corrected chi connectivity index (χ2v) is 6.34. The van der Waals surface area contributed by atoms with Crippen LogP contribution < -0.4 is 0 Å². The van der Waals surface area contributed by atoms with Crippen LogP contribution in [-0.2, 0) is 6.42 Å². The summed E-state index contributed by atoms with van der Waals surface area (Å²) in [5, 5.41) is 17.0. The molecule has 0 fully saturated rings. The zero-order valence-electron chi connectivity index (χ0n) is 13.5. The van der Waals surface area contributed by atoms with Crippen LogP contribution in [0.25, 0.3) is 32.3 Å². The van der Waals surface area contributed by atoms with Crippen LogP contribution >= 0.6 is 0 Å². The Morgan fingerprint density at radius 2 is 1.48 bits per heavy atom. The van der Waals surface area contributed by atoms with Crippen molar-refractivity contribution in [3.05, 3.63) is 89.7 Å². The number of nitriles is 1. The summed E-state index contributed by atoms with van der Waals surface area (Å²) in [6.07, 6.45) is 2.47. The van der Waals surface area contributed by atoms with Crippen molar-refractivity contribution < 1.29 is 0 Å². The summed E-state index contributed by atoms with van der Waals surface area (Å²) < 4.78 is 0. The predicted molar refractivity (Wildman–Crippen MR) is 102 cm³/mol. The maximum atomic E-state index is 9.94. The number of benzene rings is 4. The van der Waals surface area contributed by atoms with Crippen molar-refractivity contribution in [2.24, 2.45) is 0 Å². The zero-order valence-corrected chi connectivity index (χ0v) is 13.5. The number of nitrogens with zero attached hydrogens (tertiary/aromatic N) is 2. The van der Waals surface area contributed by atoms with E-state index in [9.17, 15) is 5.26 Å². The van der Waals surface area contributed by atoms with Crippen LogP contribution in [0.4, 0.5) is 0 Å². The Balaban J connectivity index is 1.97. The standard InChI is InChI=1S/C23H14N2/c24-14-21-19-9-4-6-16-11-10-15-5-3-8-18(22(15)23(16)19)20(21)13-17-7-1-2-12-25-17/h1-12H,13H2. The minimum absolute atomic E-state index is 0.660. The van der Waals surface area contributed by atoms with Gasteiger partial charge in [0.2, 0.25) is 0 Å². The summed E-state index contributed by atoms with van der Waals surface area (Å²) in [5.74, 6) is 0. The minimum atomic E-state index is 0.660. The molecule has 0 saturated heterocycles. The molecule has 2 nitrogen and oxygen atoms in total. The molecule has 0 amide bonds. The van der Waals surface area contributed by atoms with Crippen LogP contribution in [0.3, 0.4) is 0 Å². The molecule has 5 rings (SSSR count). The highest BCUT2D eigenvalue weighted by Gasteiger charge is 2.17. The lowest BCUT2D eigenvalue weighted by atomic mass is 9.86. The quantitative estimate of drug-likeness (QED) is 0.406. The summed E-state index contributed by atoms with van der Waals surface area (Å²) in [4.78, 5) is 4.47. The summed E-state index contributed by atoms with van der Waals surface area (Å²) in [7, 11) is 0. The molecule has 5 aromatic rings. The molecule has 0 aliphatic heterocycles. The molecule has 0 N–H and O–H groups in total. The maximum Gasteiger partial charge on any atom is 0.100 e. The smallest absolute Gasteiger partial charge is 0.100 e. The number of pyridine rings is 1. The minimum Gasteiger partial charge on any atom is -0.261 e. The first kappa shape index (κ1) is 13.9. The predicted octanol–water partition coefficient (Wildman–Crippen LogP) is 5.44. The van der Waals surface area contributed by atoms with E-state index in [4.69, 9.17) is 0 Å². The van der Waals surface area contributed by atoms with Gasteiger partial charge in [0.15, 0.2) is 0 Å². The second-order valence-electron chi connectivity index (χ2n) is 6.34. The first-order chi connectivity index (χ1) is 12.4. The molecule has 0 bridgehead atoms. The molecule has 116 valence electrons. The third kappa shape index (κ3) is 2.00. The van der Waals surface area contributed by atoms with Crippen molar-refractivity contribution in [1.29, 1.82) is 5.26 Å². The van der Waals surface area contributed by atoms with Crippen LogP contribution in [0.2, 0.25) is 0 Å². The second kappa shape index (κ2) is 5.29. The highest BCUT2D eigenvalue weighted by Crippen LogP contribution is 2.39. The van der Waals surface area contributed by atoms with E-state index in [-0.39, 0.29) is 0 Å². The van der Waals surface area contributed by atoms with E-state index >= 15 is 0 Å². The average molecular weight is 318 g/mol. The van der Waals surface area contributed by atoms with Gasteiger partial charge in [0.05, 0.1) is 5.56 Å². The molecule has 1 heterocycles. The molecule has 1 aromatic heterocycles. The third-order valence-electron chi connectivity index (χ3n) is 4.98.